The number of non-ortho nitro benzene ring substituents is 1. The van der Waals surface area contributed by atoms with Crippen LogP contribution in [0.1, 0.15) is 39.2 Å². The lowest BCUT2D eigenvalue weighted by Gasteiger charge is -2.36. The van der Waals surface area contributed by atoms with E-state index in [1.54, 1.807) is 26.8 Å². The Morgan fingerprint density at radius 3 is 2.38 bits per heavy atom. The number of carbonyl (C=O) groups is 3. The number of nitrogens with two attached hydrogens (primary N) is 1. The number of nitrogens with zero attached hydrogens (tertiary/aromatic N) is 2. The average Bonchev–Trinajstić information content (AvgIpc) is 2.73. The molecular weight excluding hydrogens is 422 g/mol. The molecule has 11 nitrogen and oxygen atoms in total. The van der Waals surface area contributed by atoms with E-state index in [0.717, 1.165) is 0 Å². The van der Waals surface area contributed by atoms with Crippen molar-refractivity contribution in [2.45, 2.75) is 39.8 Å². The zero-order valence-corrected chi connectivity index (χ0v) is 18.2. The third-order valence-corrected chi connectivity index (χ3v) is 4.75. The first-order chi connectivity index (χ1) is 15.1. The second kappa shape index (κ2) is 10.4. The largest absolute Gasteiger partial charge is 0.463 e. The Labute approximate surface area is 184 Å². The lowest BCUT2D eigenvalue weighted by atomic mass is 9.81. The highest BCUT2D eigenvalue weighted by Gasteiger charge is 2.40. The molecule has 2 atom stereocenters. The molecule has 1 aliphatic rings. The van der Waals surface area contributed by atoms with Crippen LogP contribution in [0.3, 0.4) is 0 Å². The maximum Gasteiger partial charge on any atom is 0.406 e. The van der Waals surface area contributed by atoms with E-state index in [2.05, 4.69) is 0 Å². The Hall–Kier alpha value is -3.89. The van der Waals surface area contributed by atoms with Crippen molar-refractivity contribution in [2.75, 3.05) is 13.2 Å². The van der Waals surface area contributed by atoms with E-state index in [0.29, 0.717) is 11.3 Å². The minimum atomic E-state index is -1.05. The van der Waals surface area contributed by atoms with Crippen LogP contribution in [0.5, 0.6) is 0 Å². The van der Waals surface area contributed by atoms with Gasteiger partial charge in [0.1, 0.15) is 0 Å². The van der Waals surface area contributed by atoms with Crippen molar-refractivity contribution >= 4 is 23.7 Å². The smallest absolute Gasteiger partial charge is 0.406 e. The third-order valence-electron chi connectivity index (χ3n) is 4.75. The first-order valence-corrected chi connectivity index (χ1v) is 9.87. The molecule has 1 aliphatic heterocycles. The van der Waals surface area contributed by atoms with Gasteiger partial charge in [-0.2, -0.15) is 0 Å². The van der Waals surface area contributed by atoms with Gasteiger partial charge in [-0.15, -0.1) is 0 Å². The number of nitro benzene ring substituents is 1. The van der Waals surface area contributed by atoms with E-state index in [-0.39, 0.29) is 30.0 Å². The number of hydrogen-bond acceptors (Lipinski definition) is 9. The number of hydrogen-bond donors (Lipinski definition) is 1. The number of primary amides is 1. The van der Waals surface area contributed by atoms with Crippen LogP contribution in [-0.2, 0) is 23.8 Å². The van der Waals surface area contributed by atoms with Crippen LogP contribution < -0.4 is 5.73 Å². The molecule has 2 unspecified atom stereocenters. The van der Waals surface area contributed by atoms with E-state index >= 15 is 0 Å². The quantitative estimate of drug-likeness (QED) is 0.274. The van der Waals surface area contributed by atoms with Crippen LogP contribution in [0, 0.1) is 10.1 Å². The SMILES string of the molecule is CCOC(=O)C1=CN(C(C)OC(N)=O)C(C)=C(C(=O)OCC)C1c1cccc([N+](=O)[O-])c1. The van der Waals surface area contributed by atoms with Gasteiger partial charge in [-0.05, 0) is 33.3 Å². The summed E-state index contributed by atoms with van der Waals surface area (Å²) < 4.78 is 15.4. The summed E-state index contributed by atoms with van der Waals surface area (Å²) in [6, 6.07) is 5.61. The van der Waals surface area contributed by atoms with Crippen LogP contribution in [-0.4, -0.2) is 47.3 Å². The van der Waals surface area contributed by atoms with E-state index in [1.807, 2.05) is 0 Å². The second-order valence-corrected chi connectivity index (χ2v) is 6.75. The van der Waals surface area contributed by atoms with Crippen LogP contribution in [0.4, 0.5) is 10.5 Å². The first-order valence-electron chi connectivity index (χ1n) is 9.87. The third kappa shape index (κ3) is 5.23. The molecule has 0 aromatic heterocycles. The molecule has 2 rings (SSSR count). The molecule has 1 aromatic carbocycles. The fourth-order valence-electron chi connectivity index (χ4n) is 3.45. The zero-order chi connectivity index (χ0) is 24.0. The summed E-state index contributed by atoms with van der Waals surface area (Å²) in [5.41, 5.74) is 5.63. The summed E-state index contributed by atoms with van der Waals surface area (Å²) >= 11 is 0. The Morgan fingerprint density at radius 2 is 1.81 bits per heavy atom. The summed E-state index contributed by atoms with van der Waals surface area (Å²) in [6.07, 6.45) is -0.630. The van der Waals surface area contributed by atoms with Gasteiger partial charge < -0.3 is 24.8 Å². The first kappa shape index (κ1) is 24.4. The molecule has 1 amide bonds. The number of ether oxygens (including phenoxy) is 3. The van der Waals surface area contributed by atoms with Gasteiger partial charge in [-0.1, -0.05) is 12.1 Å². The minimum absolute atomic E-state index is 0.0147. The van der Waals surface area contributed by atoms with Crippen LogP contribution in [0.15, 0.2) is 47.3 Å². The van der Waals surface area contributed by atoms with Gasteiger partial charge in [0.25, 0.3) is 5.69 Å². The number of amides is 1. The van der Waals surface area contributed by atoms with E-state index in [4.69, 9.17) is 19.9 Å². The molecule has 2 N–H and O–H groups in total. The lowest BCUT2D eigenvalue weighted by Crippen LogP contribution is -2.39. The standard InChI is InChI=1S/C21H25N3O8/c1-5-30-19(25)16-11-23(13(4)32-21(22)27)12(3)17(20(26)31-6-2)18(16)14-8-7-9-15(10-14)24(28)29/h7-11,13,18H,5-6H2,1-4H3,(H2,22,27). The average molecular weight is 447 g/mol. The monoisotopic (exact) mass is 447 g/mol. The van der Waals surface area contributed by atoms with Crippen molar-refractivity contribution in [2.24, 2.45) is 5.73 Å². The van der Waals surface area contributed by atoms with E-state index < -0.39 is 35.1 Å². The molecule has 1 aromatic rings. The van der Waals surface area contributed by atoms with Gasteiger partial charge in [-0.3, -0.25) is 10.1 Å². The molecule has 0 bridgehead atoms. The highest BCUT2D eigenvalue weighted by molar-refractivity contribution is 5.99. The van der Waals surface area contributed by atoms with E-state index in [1.165, 1.54) is 36.2 Å². The predicted octanol–water partition coefficient (Wildman–Crippen LogP) is 2.72. The Balaban J connectivity index is 2.76. The summed E-state index contributed by atoms with van der Waals surface area (Å²) in [6.45, 7) is 6.44. The molecule has 0 saturated heterocycles. The number of allylic oxidation sites excluding steroid dienone is 1. The highest BCUT2D eigenvalue weighted by Crippen LogP contribution is 2.41. The Bertz CT molecular complexity index is 985. The predicted molar refractivity (Wildman–Crippen MR) is 112 cm³/mol. The number of carbonyl (C=O) groups excluding carboxylic acids is 3. The summed E-state index contributed by atoms with van der Waals surface area (Å²) in [5, 5.41) is 11.3. The van der Waals surface area contributed by atoms with Crippen molar-refractivity contribution in [3.05, 3.63) is 63.0 Å². The normalized spacial score (nSPS) is 16.7. The van der Waals surface area contributed by atoms with Gasteiger partial charge >= 0.3 is 18.0 Å². The summed E-state index contributed by atoms with van der Waals surface area (Å²) in [4.78, 5) is 49.2. The van der Waals surface area contributed by atoms with Gasteiger partial charge in [-0.25, -0.2) is 14.4 Å². The van der Waals surface area contributed by atoms with Crippen LogP contribution in [0.2, 0.25) is 0 Å². The van der Waals surface area contributed by atoms with Crippen LogP contribution in [0.25, 0.3) is 0 Å². The van der Waals surface area contributed by atoms with Crippen molar-refractivity contribution < 1.29 is 33.5 Å². The Kier molecular flexibility index (Phi) is 7.94. The maximum absolute atomic E-state index is 13.0. The van der Waals surface area contributed by atoms with Gasteiger partial charge in [0.15, 0.2) is 6.23 Å². The van der Waals surface area contributed by atoms with Crippen molar-refractivity contribution in [3.8, 4) is 0 Å². The molecule has 0 fully saturated rings. The highest BCUT2D eigenvalue weighted by atomic mass is 16.6. The molecular formula is C21H25N3O8. The topological polar surface area (TPSA) is 151 Å². The number of esters is 2. The molecule has 0 saturated carbocycles. The molecule has 1 heterocycles. The Morgan fingerprint density at radius 1 is 1.19 bits per heavy atom. The summed E-state index contributed by atoms with van der Waals surface area (Å²) in [5.74, 6) is -2.48. The van der Waals surface area contributed by atoms with Crippen molar-refractivity contribution in [3.63, 3.8) is 0 Å². The molecule has 11 heteroatoms. The van der Waals surface area contributed by atoms with Gasteiger partial charge in [0.05, 0.1) is 35.2 Å². The van der Waals surface area contributed by atoms with Crippen molar-refractivity contribution in [1.29, 1.82) is 0 Å². The molecule has 0 spiro atoms. The lowest BCUT2D eigenvalue weighted by molar-refractivity contribution is -0.384. The fourth-order valence-corrected chi connectivity index (χ4v) is 3.45. The molecule has 172 valence electrons. The maximum atomic E-state index is 13.0. The molecule has 32 heavy (non-hydrogen) atoms. The molecule has 0 aliphatic carbocycles. The van der Waals surface area contributed by atoms with Crippen LogP contribution >= 0.6 is 0 Å². The van der Waals surface area contributed by atoms with E-state index in [9.17, 15) is 24.5 Å². The second-order valence-electron chi connectivity index (χ2n) is 6.75. The fraction of sp³-hybridized carbons (Fsp3) is 0.381. The minimum Gasteiger partial charge on any atom is -0.463 e. The number of rotatable bonds is 8. The molecule has 0 radical (unpaired) electrons. The number of nitro groups is 1. The number of benzene rings is 1. The van der Waals surface area contributed by atoms with Gasteiger partial charge in [0.2, 0.25) is 0 Å². The van der Waals surface area contributed by atoms with Gasteiger partial charge in [0, 0.05) is 24.0 Å². The van der Waals surface area contributed by atoms with Crippen molar-refractivity contribution in [1.82, 2.24) is 4.90 Å². The zero-order valence-electron chi connectivity index (χ0n) is 18.2. The summed E-state index contributed by atoms with van der Waals surface area (Å²) in [7, 11) is 0.